The van der Waals surface area contributed by atoms with Crippen LogP contribution in [0.25, 0.3) is 11.5 Å². The number of carbonyl (C=O) groups is 2. The first-order chi connectivity index (χ1) is 17.0. The van der Waals surface area contributed by atoms with Gasteiger partial charge in [0.2, 0.25) is 5.91 Å². The van der Waals surface area contributed by atoms with Crippen LogP contribution in [0.3, 0.4) is 0 Å². The van der Waals surface area contributed by atoms with Crippen molar-refractivity contribution >= 4 is 11.8 Å². The van der Waals surface area contributed by atoms with Crippen LogP contribution < -0.4 is 10.1 Å². The fraction of sp³-hybridized carbons (Fsp3) is 0.429. The molecule has 7 heteroatoms. The third kappa shape index (κ3) is 4.47. The van der Waals surface area contributed by atoms with Crippen LogP contribution in [-0.2, 0) is 17.9 Å². The summed E-state index contributed by atoms with van der Waals surface area (Å²) in [5.41, 5.74) is 1.26. The molecule has 0 bridgehead atoms. The van der Waals surface area contributed by atoms with Crippen molar-refractivity contribution in [2.24, 2.45) is 0 Å². The molecule has 184 valence electrons. The molecule has 1 aromatic carbocycles. The van der Waals surface area contributed by atoms with Crippen molar-refractivity contribution in [2.75, 3.05) is 6.61 Å². The fourth-order valence-corrected chi connectivity index (χ4v) is 5.29. The van der Waals surface area contributed by atoms with E-state index in [1.165, 1.54) is 6.42 Å². The maximum absolute atomic E-state index is 13.9. The smallest absolute Gasteiger partial charge is 0.271 e. The van der Waals surface area contributed by atoms with Crippen LogP contribution in [0.2, 0.25) is 0 Å². The molecule has 0 radical (unpaired) electrons. The Labute approximate surface area is 206 Å². The van der Waals surface area contributed by atoms with Crippen molar-refractivity contribution in [3.8, 4) is 17.2 Å². The molecule has 1 aliphatic heterocycles. The largest absolute Gasteiger partial charge is 0.494 e. The van der Waals surface area contributed by atoms with E-state index in [4.69, 9.17) is 9.15 Å². The molecule has 1 aliphatic carbocycles. The molecule has 2 amide bonds. The molecule has 1 atom stereocenters. The quantitative estimate of drug-likeness (QED) is 0.521. The van der Waals surface area contributed by atoms with Crippen LogP contribution in [0.15, 0.2) is 59.2 Å². The lowest BCUT2D eigenvalue weighted by Crippen LogP contribution is -2.64. The normalized spacial score (nSPS) is 20.5. The lowest BCUT2D eigenvalue weighted by molar-refractivity contribution is -0.134. The molecule has 1 saturated carbocycles. The summed E-state index contributed by atoms with van der Waals surface area (Å²) in [6.07, 6.45) is 7.06. The first-order valence-corrected chi connectivity index (χ1v) is 12.6. The van der Waals surface area contributed by atoms with Gasteiger partial charge >= 0.3 is 0 Å². The van der Waals surface area contributed by atoms with E-state index in [0.29, 0.717) is 31.2 Å². The average molecular weight is 476 g/mol. The maximum atomic E-state index is 13.9. The second-order valence-corrected chi connectivity index (χ2v) is 9.72. The van der Waals surface area contributed by atoms with Crippen LogP contribution in [0.1, 0.15) is 62.0 Å². The van der Waals surface area contributed by atoms with Crippen molar-refractivity contribution in [1.29, 1.82) is 0 Å². The van der Waals surface area contributed by atoms with Crippen LogP contribution in [-0.4, -0.2) is 39.5 Å². The minimum atomic E-state index is -1.06. The lowest BCUT2D eigenvalue weighted by Gasteiger charge is -2.45. The highest BCUT2D eigenvalue weighted by molar-refractivity contribution is 6.00. The summed E-state index contributed by atoms with van der Waals surface area (Å²) in [5, 5.41) is 3.28. The van der Waals surface area contributed by atoms with Crippen LogP contribution >= 0.6 is 0 Å². The summed E-state index contributed by atoms with van der Waals surface area (Å²) in [6, 6.07) is 15.3. The number of hydrogen-bond donors (Lipinski definition) is 1. The molecule has 1 N–H and O–H groups in total. The first-order valence-electron chi connectivity index (χ1n) is 12.6. The SMILES string of the molecule is CCOc1ccc(CN2C(=O)c3ccc(-c4ccco4)n3C[C@@]2(C)C(=O)NC2CCCCC2)cc1. The molecule has 5 rings (SSSR count). The Balaban J connectivity index is 1.49. The number of benzene rings is 1. The van der Waals surface area contributed by atoms with Crippen molar-refractivity contribution in [1.82, 2.24) is 14.8 Å². The number of amides is 2. The number of nitrogens with zero attached hydrogens (tertiary/aromatic N) is 2. The molecule has 7 nitrogen and oxygen atoms in total. The number of fused-ring (bicyclic) bond motifs is 1. The van der Waals surface area contributed by atoms with E-state index in [1.54, 1.807) is 11.2 Å². The number of ether oxygens (including phenoxy) is 1. The number of hydrogen-bond acceptors (Lipinski definition) is 4. The van der Waals surface area contributed by atoms with Gasteiger partial charge in [0, 0.05) is 12.6 Å². The standard InChI is InChI=1S/C28H33N3O4/c1-3-34-22-13-11-20(12-14-22)18-31-26(32)24-16-15-23(25-10-7-17-35-25)30(24)19-28(31,2)27(33)29-21-8-5-4-6-9-21/h7,10-17,21H,3-6,8-9,18-19H2,1-2H3,(H,29,33)/t28-/m0/s1. The Morgan fingerprint density at radius 3 is 2.51 bits per heavy atom. The average Bonchev–Trinajstić information content (AvgIpc) is 3.53. The third-order valence-corrected chi connectivity index (χ3v) is 7.28. The van der Waals surface area contributed by atoms with E-state index in [1.807, 2.05) is 66.9 Å². The maximum Gasteiger partial charge on any atom is 0.271 e. The van der Waals surface area contributed by atoms with Gasteiger partial charge in [-0.2, -0.15) is 0 Å². The highest BCUT2D eigenvalue weighted by Gasteiger charge is 2.48. The predicted molar refractivity (Wildman–Crippen MR) is 133 cm³/mol. The van der Waals surface area contributed by atoms with Gasteiger partial charge in [-0.15, -0.1) is 0 Å². The Bertz CT molecular complexity index is 1180. The number of rotatable bonds is 7. The van der Waals surface area contributed by atoms with Crippen molar-refractivity contribution in [2.45, 2.75) is 70.6 Å². The monoisotopic (exact) mass is 475 g/mol. The van der Waals surface area contributed by atoms with E-state index >= 15 is 0 Å². The highest BCUT2D eigenvalue weighted by atomic mass is 16.5. The van der Waals surface area contributed by atoms with E-state index in [2.05, 4.69) is 5.32 Å². The minimum absolute atomic E-state index is 0.103. The Hall–Kier alpha value is -3.48. The summed E-state index contributed by atoms with van der Waals surface area (Å²) < 4.78 is 13.1. The Morgan fingerprint density at radius 1 is 1.09 bits per heavy atom. The number of aromatic nitrogens is 1. The van der Waals surface area contributed by atoms with E-state index in [9.17, 15) is 9.59 Å². The van der Waals surface area contributed by atoms with Gasteiger partial charge < -0.3 is 23.9 Å². The molecule has 0 spiro atoms. The summed E-state index contributed by atoms with van der Waals surface area (Å²) >= 11 is 0. The van der Waals surface area contributed by atoms with Gasteiger partial charge in [-0.3, -0.25) is 9.59 Å². The molecular weight excluding hydrogens is 442 g/mol. The van der Waals surface area contributed by atoms with Crippen LogP contribution in [0.4, 0.5) is 0 Å². The van der Waals surface area contributed by atoms with Crippen molar-refractivity contribution < 1.29 is 18.7 Å². The summed E-state index contributed by atoms with van der Waals surface area (Å²) in [4.78, 5) is 29.4. The van der Waals surface area contributed by atoms with Gasteiger partial charge in [-0.05, 0) is 68.7 Å². The minimum Gasteiger partial charge on any atom is -0.494 e. The van der Waals surface area contributed by atoms with Gasteiger partial charge in [0.15, 0.2) is 0 Å². The second kappa shape index (κ2) is 9.64. The molecule has 0 unspecified atom stereocenters. The number of carbonyl (C=O) groups excluding carboxylic acids is 2. The van der Waals surface area contributed by atoms with Crippen molar-refractivity contribution in [3.05, 3.63) is 66.1 Å². The highest BCUT2D eigenvalue weighted by Crippen LogP contribution is 2.35. The Morgan fingerprint density at radius 2 is 1.83 bits per heavy atom. The number of furan rings is 1. The van der Waals surface area contributed by atoms with E-state index in [-0.39, 0.29) is 17.9 Å². The summed E-state index contributed by atoms with van der Waals surface area (Å²) in [6.45, 7) is 5.11. The zero-order valence-corrected chi connectivity index (χ0v) is 20.5. The lowest BCUT2D eigenvalue weighted by atomic mass is 9.91. The molecule has 2 aromatic heterocycles. The number of nitrogens with one attached hydrogen (secondary N) is 1. The zero-order chi connectivity index (χ0) is 24.4. The van der Waals surface area contributed by atoms with Crippen molar-refractivity contribution in [3.63, 3.8) is 0 Å². The van der Waals surface area contributed by atoms with E-state index < -0.39 is 5.54 Å². The summed E-state index contributed by atoms with van der Waals surface area (Å²) in [5.74, 6) is 1.20. The molecule has 0 saturated heterocycles. The molecule has 35 heavy (non-hydrogen) atoms. The molecule has 3 aromatic rings. The molecular formula is C28H33N3O4. The topological polar surface area (TPSA) is 76.7 Å². The fourth-order valence-electron chi connectivity index (χ4n) is 5.29. The second-order valence-electron chi connectivity index (χ2n) is 9.72. The first kappa shape index (κ1) is 23.3. The Kier molecular flexibility index (Phi) is 6.41. The zero-order valence-electron chi connectivity index (χ0n) is 20.5. The predicted octanol–water partition coefficient (Wildman–Crippen LogP) is 5.01. The molecule has 3 heterocycles. The molecule has 1 fully saturated rings. The summed E-state index contributed by atoms with van der Waals surface area (Å²) in [7, 11) is 0. The van der Waals surface area contributed by atoms with Gasteiger partial charge in [0.1, 0.15) is 22.7 Å². The van der Waals surface area contributed by atoms with Crippen LogP contribution in [0, 0.1) is 0 Å². The van der Waals surface area contributed by atoms with Gasteiger partial charge in [-0.1, -0.05) is 31.4 Å². The molecule has 2 aliphatic rings. The van der Waals surface area contributed by atoms with E-state index in [0.717, 1.165) is 42.7 Å². The van der Waals surface area contributed by atoms with Gasteiger partial charge in [0.25, 0.3) is 5.91 Å². The van der Waals surface area contributed by atoms with Gasteiger partial charge in [0.05, 0.1) is 25.1 Å². The van der Waals surface area contributed by atoms with Gasteiger partial charge in [-0.25, -0.2) is 0 Å². The third-order valence-electron chi connectivity index (χ3n) is 7.28. The van der Waals surface area contributed by atoms with Crippen LogP contribution in [0.5, 0.6) is 5.75 Å².